The molecule has 1 aliphatic heterocycles. The number of rotatable bonds is 9. The Labute approximate surface area is 182 Å². The van der Waals surface area contributed by atoms with Gasteiger partial charge in [0.2, 0.25) is 0 Å². The Balaban J connectivity index is 1.60. The molecule has 2 aromatic rings. The first-order valence-electron chi connectivity index (χ1n) is 8.98. The molecule has 1 N–H and O–H groups in total. The molecule has 0 spiro atoms. The van der Waals surface area contributed by atoms with E-state index in [1.54, 1.807) is 18.2 Å². The van der Waals surface area contributed by atoms with Gasteiger partial charge in [-0.25, -0.2) is 0 Å². The Hall–Kier alpha value is -3.11. The average molecular weight is 447 g/mol. The first-order valence-corrected chi connectivity index (χ1v) is 10.2. The summed E-state index contributed by atoms with van der Waals surface area (Å²) in [6.07, 6.45) is 1.74. The van der Waals surface area contributed by atoms with E-state index in [2.05, 4.69) is 5.32 Å². The standard InChI is InChI=1S/C20H18N2O6S2/c1-2-26-17-11-13(12-18-19(23)21-20(29)30-18)3-8-16(17)28-10-9-27-15-6-4-14(5-7-15)22(24)25/h3-8,11-12H,2,9-10H2,1H3,(H,21,23,29)/b18-12-. The number of hydrogen-bond acceptors (Lipinski definition) is 8. The summed E-state index contributed by atoms with van der Waals surface area (Å²) in [5.41, 5.74) is 0.792. The highest BCUT2D eigenvalue weighted by atomic mass is 32.2. The SMILES string of the molecule is CCOc1cc(/C=C2\SC(=S)NC2=O)ccc1OCCOc1ccc([N+](=O)[O-])cc1. The molecular formula is C20H18N2O6S2. The number of carbonyl (C=O) groups is 1. The summed E-state index contributed by atoms with van der Waals surface area (Å²) in [5.74, 6) is 1.40. The Bertz CT molecular complexity index is 991. The van der Waals surface area contributed by atoms with Gasteiger partial charge in [0.25, 0.3) is 11.6 Å². The van der Waals surface area contributed by atoms with Gasteiger partial charge < -0.3 is 19.5 Å². The Morgan fingerprint density at radius 2 is 1.83 bits per heavy atom. The zero-order valence-electron chi connectivity index (χ0n) is 16.0. The van der Waals surface area contributed by atoms with Crippen molar-refractivity contribution in [3.63, 3.8) is 0 Å². The van der Waals surface area contributed by atoms with E-state index in [1.165, 1.54) is 36.0 Å². The summed E-state index contributed by atoms with van der Waals surface area (Å²) in [4.78, 5) is 22.5. The number of nitrogens with one attached hydrogen (secondary N) is 1. The fourth-order valence-electron chi connectivity index (χ4n) is 2.55. The summed E-state index contributed by atoms with van der Waals surface area (Å²) in [5, 5.41) is 13.2. The normalized spacial score (nSPS) is 14.5. The van der Waals surface area contributed by atoms with E-state index in [4.69, 9.17) is 26.4 Å². The molecule has 1 saturated heterocycles. The van der Waals surface area contributed by atoms with Crippen molar-refractivity contribution >= 4 is 46.0 Å². The van der Waals surface area contributed by atoms with Gasteiger partial charge in [0.1, 0.15) is 23.3 Å². The molecule has 156 valence electrons. The van der Waals surface area contributed by atoms with Gasteiger partial charge >= 0.3 is 0 Å². The molecule has 2 aromatic carbocycles. The lowest BCUT2D eigenvalue weighted by atomic mass is 10.2. The van der Waals surface area contributed by atoms with Crippen molar-refractivity contribution in [3.05, 3.63) is 63.0 Å². The van der Waals surface area contributed by atoms with E-state index in [1.807, 2.05) is 13.0 Å². The van der Waals surface area contributed by atoms with Crippen LogP contribution in [0.1, 0.15) is 12.5 Å². The Morgan fingerprint density at radius 3 is 2.47 bits per heavy atom. The summed E-state index contributed by atoms with van der Waals surface area (Å²) in [7, 11) is 0. The van der Waals surface area contributed by atoms with Crippen LogP contribution in [-0.2, 0) is 4.79 Å². The largest absolute Gasteiger partial charge is 0.490 e. The van der Waals surface area contributed by atoms with Gasteiger partial charge in [-0.05, 0) is 42.8 Å². The van der Waals surface area contributed by atoms with Gasteiger partial charge in [-0.3, -0.25) is 14.9 Å². The van der Waals surface area contributed by atoms with Crippen LogP contribution in [0.2, 0.25) is 0 Å². The van der Waals surface area contributed by atoms with Gasteiger partial charge in [0, 0.05) is 12.1 Å². The first kappa shape index (κ1) is 21.6. The van der Waals surface area contributed by atoms with E-state index < -0.39 is 4.92 Å². The summed E-state index contributed by atoms with van der Waals surface area (Å²) in [6, 6.07) is 11.2. The first-order chi connectivity index (χ1) is 14.5. The van der Waals surface area contributed by atoms with Gasteiger partial charge in [-0.2, -0.15) is 0 Å². The number of carbonyl (C=O) groups excluding carboxylic acids is 1. The van der Waals surface area contributed by atoms with E-state index in [0.717, 1.165) is 5.56 Å². The zero-order chi connectivity index (χ0) is 21.5. The molecule has 1 fully saturated rings. The molecule has 8 nitrogen and oxygen atoms in total. The quantitative estimate of drug-likeness (QED) is 0.203. The molecular weight excluding hydrogens is 428 g/mol. The highest BCUT2D eigenvalue weighted by Crippen LogP contribution is 2.32. The van der Waals surface area contributed by atoms with Crippen molar-refractivity contribution < 1.29 is 23.9 Å². The molecule has 3 rings (SSSR count). The highest BCUT2D eigenvalue weighted by Gasteiger charge is 2.22. The monoisotopic (exact) mass is 446 g/mol. The van der Waals surface area contributed by atoms with Crippen LogP contribution in [0.25, 0.3) is 6.08 Å². The summed E-state index contributed by atoms with van der Waals surface area (Å²) >= 11 is 6.21. The predicted molar refractivity (Wildman–Crippen MR) is 118 cm³/mol. The molecule has 0 unspecified atom stereocenters. The van der Waals surface area contributed by atoms with Crippen molar-refractivity contribution in [2.75, 3.05) is 19.8 Å². The Kier molecular flexibility index (Phi) is 7.26. The maximum atomic E-state index is 11.8. The zero-order valence-corrected chi connectivity index (χ0v) is 17.6. The number of hydrogen-bond donors (Lipinski definition) is 1. The molecule has 0 bridgehead atoms. The Morgan fingerprint density at radius 1 is 1.10 bits per heavy atom. The summed E-state index contributed by atoms with van der Waals surface area (Å²) in [6.45, 7) is 2.83. The number of thiocarbonyl (C=S) groups is 1. The second-order valence-electron chi connectivity index (χ2n) is 5.94. The van der Waals surface area contributed by atoms with Crippen LogP contribution in [0.5, 0.6) is 17.2 Å². The van der Waals surface area contributed by atoms with Gasteiger partial charge in [-0.1, -0.05) is 30.0 Å². The molecule has 30 heavy (non-hydrogen) atoms. The van der Waals surface area contributed by atoms with E-state index >= 15 is 0 Å². The third-order valence-corrected chi connectivity index (χ3v) is 5.03. The molecule has 0 saturated carbocycles. The second kappa shape index (κ2) is 10.1. The van der Waals surface area contributed by atoms with Crippen molar-refractivity contribution in [2.24, 2.45) is 0 Å². The van der Waals surface area contributed by atoms with Crippen LogP contribution < -0.4 is 19.5 Å². The lowest BCUT2D eigenvalue weighted by Gasteiger charge is -2.13. The predicted octanol–water partition coefficient (Wildman–Crippen LogP) is 3.94. The average Bonchev–Trinajstić information content (AvgIpc) is 3.04. The topological polar surface area (TPSA) is 99.9 Å². The van der Waals surface area contributed by atoms with E-state index in [0.29, 0.717) is 33.1 Å². The number of thioether (sulfide) groups is 1. The lowest BCUT2D eigenvalue weighted by molar-refractivity contribution is -0.384. The highest BCUT2D eigenvalue weighted by molar-refractivity contribution is 8.26. The van der Waals surface area contributed by atoms with Gasteiger partial charge in [0.15, 0.2) is 11.5 Å². The number of nitro benzene ring substituents is 1. The van der Waals surface area contributed by atoms with Gasteiger partial charge in [0.05, 0.1) is 16.4 Å². The minimum absolute atomic E-state index is 0.00493. The molecule has 0 radical (unpaired) electrons. The maximum Gasteiger partial charge on any atom is 0.269 e. The molecule has 1 heterocycles. The van der Waals surface area contributed by atoms with Crippen molar-refractivity contribution in [1.29, 1.82) is 0 Å². The molecule has 0 aliphatic carbocycles. The molecule has 1 amide bonds. The van der Waals surface area contributed by atoms with Crippen LogP contribution in [0.4, 0.5) is 5.69 Å². The molecule has 10 heteroatoms. The van der Waals surface area contributed by atoms with Crippen LogP contribution in [0, 0.1) is 10.1 Å². The number of benzene rings is 2. The fourth-order valence-corrected chi connectivity index (χ4v) is 3.59. The van der Waals surface area contributed by atoms with Crippen LogP contribution in [-0.4, -0.2) is 35.0 Å². The third-order valence-electron chi connectivity index (χ3n) is 3.86. The molecule has 1 aliphatic rings. The number of ether oxygens (including phenoxy) is 3. The van der Waals surface area contributed by atoms with Gasteiger partial charge in [-0.15, -0.1) is 0 Å². The molecule has 0 atom stereocenters. The second-order valence-corrected chi connectivity index (χ2v) is 7.66. The van der Waals surface area contributed by atoms with Crippen LogP contribution in [0.15, 0.2) is 47.4 Å². The minimum Gasteiger partial charge on any atom is -0.490 e. The van der Waals surface area contributed by atoms with Crippen LogP contribution >= 0.6 is 24.0 Å². The lowest BCUT2D eigenvalue weighted by Crippen LogP contribution is -2.17. The fraction of sp³-hybridized carbons (Fsp3) is 0.200. The van der Waals surface area contributed by atoms with Crippen LogP contribution in [0.3, 0.4) is 0 Å². The minimum atomic E-state index is -0.464. The number of amides is 1. The van der Waals surface area contributed by atoms with E-state index in [-0.39, 0.29) is 24.8 Å². The summed E-state index contributed by atoms with van der Waals surface area (Å²) < 4.78 is 17.4. The number of nitrogens with zero attached hydrogens (tertiary/aromatic N) is 1. The smallest absolute Gasteiger partial charge is 0.269 e. The van der Waals surface area contributed by atoms with E-state index in [9.17, 15) is 14.9 Å². The molecule has 0 aromatic heterocycles. The number of nitro groups is 1. The van der Waals surface area contributed by atoms with Crippen molar-refractivity contribution in [2.45, 2.75) is 6.92 Å². The van der Waals surface area contributed by atoms with Crippen molar-refractivity contribution in [1.82, 2.24) is 5.32 Å². The van der Waals surface area contributed by atoms with Crippen molar-refractivity contribution in [3.8, 4) is 17.2 Å². The number of non-ortho nitro benzene ring substituents is 1. The third kappa shape index (κ3) is 5.71. The maximum absolute atomic E-state index is 11.8.